The van der Waals surface area contributed by atoms with E-state index in [0.717, 1.165) is 154 Å². The Hall–Kier alpha value is -5.40. The van der Waals surface area contributed by atoms with E-state index in [1.54, 1.807) is 12.2 Å². The third kappa shape index (κ3) is 44.9. The van der Waals surface area contributed by atoms with Gasteiger partial charge in [0, 0.05) is 12.8 Å². The van der Waals surface area contributed by atoms with Crippen LogP contribution in [0.25, 0.3) is 0 Å². The molecule has 0 aliphatic carbocycles. The summed E-state index contributed by atoms with van der Waals surface area (Å²) in [7, 11) is 0. The van der Waals surface area contributed by atoms with Crippen molar-refractivity contribution in [2.24, 2.45) is 0 Å². The van der Waals surface area contributed by atoms with Gasteiger partial charge < -0.3 is 39.0 Å². The fraction of sp³-hybridized carbons (Fsp3) is 0.594. The number of allylic oxidation sites excluding steroid dienone is 23. The quantitative estimate of drug-likeness (QED) is 0.0228. The number of hydrogen-bond donors (Lipinski definition) is 3. The Balaban J connectivity index is 2.75. The molecule has 0 aromatic carbocycles. The molecule has 3 N–H and O–H groups in total. The Bertz CT molecular complexity index is 1960. The highest BCUT2D eigenvalue weighted by atomic mass is 16.7. The fourth-order valence-electron chi connectivity index (χ4n) is 8.33. The first-order chi connectivity index (χ1) is 39.6. The lowest BCUT2D eigenvalue weighted by atomic mass is 9.98. The molecular weight excluding hydrogens is 1020 g/mol. The highest BCUT2D eigenvalue weighted by Gasteiger charge is 2.50. The third-order valence-electron chi connectivity index (χ3n) is 12.9. The minimum atomic E-state index is -1.95. The summed E-state index contributed by atoms with van der Waals surface area (Å²) >= 11 is 0. The van der Waals surface area contributed by atoms with Crippen LogP contribution in [0, 0.1) is 0 Å². The van der Waals surface area contributed by atoms with Gasteiger partial charge in [-0.05, 0) is 116 Å². The van der Waals surface area contributed by atoms with E-state index < -0.39 is 67.3 Å². The van der Waals surface area contributed by atoms with Gasteiger partial charge in [0.05, 0.1) is 13.0 Å². The van der Waals surface area contributed by atoms with E-state index in [0.29, 0.717) is 19.3 Å². The second-order valence-electron chi connectivity index (χ2n) is 20.2. The number of carboxylic acids is 1. The standard InChI is InChI=1S/C69H106O12/c1-4-7-10-13-16-19-22-25-28-30-31-33-35-37-40-43-46-49-52-55-61(70)77-58-60(79-62(71)56-53-50-47-44-41-39-36-32-29-26-23-20-17-14-11-8-5-2)59-78-69-67(65(74)64(73)66(81-69)68(75)76)80-63(72)57-54-51-48-45-42-38-34-27-24-21-18-15-12-9-6-3/h7-12,16-21,25-29,31,33-34,42,45,51,54,60,64-67,69,73-74H,4-6,13-15,22-24,30,32,35-41,43-44,46-50,52-53,55-59H2,1-3H3,(H,75,76)/b10-7-,11-8-,12-9-,19-16-,20-17-,21-18-,28-25-,29-26-,33-31-,34-27-,45-42-,54-51-. The monoisotopic (exact) mass is 1130 g/mol. The minimum Gasteiger partial charge on any atom is -0.479 e. The van der Waals surface area contributed by atoms with Crippen LogP contribution in [-0.2, 0) is 42.9 Å². The van der Waals surface area contributed by atoms with Gasteiger partial charge >= 0.3 is 23.9 Å². The Labute approximate surface area is 489 Å². The van der Waals surface area contributed by atoms with Gasteiger partial charge in [0.2, 0.25) is 0 Å². The number of aliphatic hydroxyl groups excluding tert-OH is 2. The van der Waals surface area contributed by atoms with Gasteiger partial charge in [-0.2, -0.15) is 0 Å². The van der Waals surface area contributed by atoms with Gasteiger partial charge in [-0.1, -0.05) is 224 Å². The zero-order chi connectivity index (χ0) is 58.9. The number of rotatable bonds is 50. The second-order valence-corrected chi connectivity index (χ2v) is 20.2. The number of aliphatic hydroxyl groups is 2. The van der Waals surface area contributed by atoms with Crippen molar-refractivity contribution < 1.29 is 58.2 Å². The van der Waals surface area contributed by atoms with Crippen LogP contribution in [0.4, 0.5) is 0 Å². The van der Waals surface area contributed by atoms with Crippen LogP contribution >= 0.6 is 0 Å². The summed E-state index contributed by atoms with van der Waals surface area (Å²) < 4.78 is 28.3. The SMILES string of the molecule is CC/C=C\C/C=C\C/C=C\C/C=C\C/C=C\CC(=O)OC1C(OCC(COC(=O)CCCCCCCC/C=C\C/C=C\C/C=C\C/C=C\CC)OC(=O)CCCCCCCCC/C=C\C/C=C\C/C=C\CC)OC(C(=O)O)C(O)C1O. The molecule has 12 heteroatoms. The lowest BCUT2D eigenvalue weighted by Crippen LogP contribution is -2.61. The van der Waals surface area contributed by atoms with Crippen molar-refractivity contribution in [2.75, 3.05) is 13.2 Å². The lowest BCUT2D eigenvalue weighted by molar-refractivity contribution is -0.301. The molecule has 0 aromatic rings. The molecule has 454 valence electrons. The molecule has 1 fully saturated rings. The number of carbonyl (C=O) groups is 4. The molecule has 12 nitrogen and oxygen atoms in total. The summed E-state index contributed by atoms with van der Waals surface area (Å²) in [6.45, 7) is 5.58. The molecule has 6 atom stereocenters. The number of esters is 3. The predicted octanol–water partition coefficient (Wildman–Crippen LogP) is 16.3. The summed E-state index contributed by atoms with van der Waals surface area (Å²) in [4.78, 5) is 51.2. The van der Waals surface area contributed by atoms with Crippen LogP contribution in [0.2, 0.25) is 0 Å². The molecule has 0 bridgehead atoms. The molecule has 0 aromatic heterocycles. The maximum Gasteiger partial charge on any atom is 0.335 e. The number of carbonyl (C=O) groups excluding carboxylic acids is 3. The predicted molar refractivity (Wildman–Crippen MR) is 330 cm³/mol. The van der Waals surface area contributed by atoms with E-state index in [4.69, 9.17) is 23.7 Å². The van der Waals surface area contributed by atoms with Crippen molar-refractivity contribution in [1.29, 1.82) is 0 Å². The number of aliphatic carboxylic acids is 1. The maximum atomic E-state index is 13.2. The van der Waals surface area contributed by atoms with E-state index in [1.807, 2.05) is 12.2 Å². The van der Waals surface area contributed by atoms with Crippen LogP contribution in [0.15, 0.2) is 146 Å². The van der Waals surface area contributed by atoms with Crippen LogP contribution in [0.3, 0.4) is 0 Å². The average molecular weight is 1130 g/mol. The number of hydrogen-bond acceptors (Lipinski definition) is 11. The molecule has 1 rings (SSSR count). The Morgan fingerprint density at radius 3 is 1.19 bits per heavy atom. The van der Waals surface area contributed by atoms with Crippen molar-refractivity contribution in [1.82, 2.24) is 0 Å². The first-order valence-corrected chi connectivity index (χ1v) is 30.8. The molecule has 1 aliphatic rings. The maximum absolute atomic E-state index is 13.2. The number of carboxylic acid groups (broad SMARTS) is 1. The van der Waals surface area contributed by atoms with Crippen molar-refractivity contribution in [2.45, 2.75) is 250 Å². The molecule has 1 aliphatic heterocycles. The summed E-state index contributed by atoms with van der Waals surface area (Å²) in [5, 5.41) is 31.5. The smallest absolute Gasteiger partial charge is 0.335 e. The largest absolute Gasteiger partial charge is 0.479 e. The number of unbranched alkanes of at least 4 members (excludes halogenated alkanes) is 13. The molecule has 1 heterocycles. The molecule has 81 heavy (non-hydrogen) atoms. The van der Waals surface area contributed by atoms with Crippen molar-refractivity contribution in [3.05, 3.63) is 146 Å². The average Bonchev–Trinajstić information content (AvgIpc) is 3.53. The Morgan fingerprint density at radius 1 is 0.420 bits per heavy atom. The molecule has 0 amide bonds. The molecule has 6 unspecified atom stereocenters. The van der Waals surface area contributed by atoms with E-state index in [1.165, 1.54) is 0 Å². The summed E-state index contributed by atoms with van der Waals surface area (Å²) in [6, 6.07) is 0. The van der Waals surface area contributed by atoms with Gasteiger partial charge in [-0.25, -0.2) is 4.79 Å². The molecule has 0 saturated carbocycles. The fourth-order valence-corrected chi connectivity index (χ4v) is 8.33. The highest BCUT2D eigenvalue weighted by molar-refractivity contribution is 5.74. The van der Waals surface area contributed by atoms with Gasteiger partial charge in [0.15, 0.2) is 24.6 Å². The van der Waals surface area contributed by atoms with Gasteiger partial charge in [0.1, 0.15) is 18.8 Å². The van der Waals surface area contributed by atoms with E-state index in [9.17, 15) is 34.5 Å². The summed E-state index contributed by atoms with van der Waals surface area (Å²) in [5.41, 5.74) is 0. The van der Waals surface area contributed by atoms with Crippen LogP contribution in [0.5, 0.6) is 0 Å². The van der Waals surface area contributed by atoms with Crippen molar-refractivity contribution >= 4 is 23.9 Å². The van der Waals surface area contributed by atoms with E-state index in [2.05, 4.69) is 142 Å². The van der Waals surface area contributed by atoms with Crippen LogP contribution < -0.4 is 0 Å². The lowest BCUT2D eigenvalue weighted by Gasteiger charge is -2.40. The van der Waals surface area contributed by atoms with E-state index in [-0.39, 0.29) is 25.9 Å². The first-order valence-electron chi connectivity index (χ1n) is 30.8. The highest BCUT2D eigenvalue weighted by Crippen LogP contribution is 2.26. The number of ether oxygens (including phenoxy) is 5. The molecule has 1 saturated heterocycles. The Kier molecular flexibility index (Phi) is 50.1. The van der Waals surface area contributed by atoms with Crippen molar-refractivity contribution in [3.63, 3.8) is 0 Å². The normalized spacial score (nSPS) is 18.8. The molecular formula is C69H106O12. The zero-order valence-corrected chi connectivity index (χ0v) is 50.0. The third-order valence-corrected chi connectivity index (χ3v) is 12.9. The molecule has 0 radical (unpaired) electrons. The van der Waals surface area contributed by atoms with Gasteiger partial charge in [-0.3, -0.25) is 14.4 Å². The van der Waals surface area contributed by atoms with Gasteiger partial charge in [-0.15, -0.1) is 0 Å². The summed E-state index contributed by atoms with van der Waals surface area (Å²) in [6.07, 6.45) is 66.9. The first kappa shape index (κ1) is 73.6. The Morgan fingerprint density at radius 2 is 0.778 bits per heavy atom. The van der Waals surface area contributed by atoms with Crippen molar-refractivity contribution in [3.8, 4) is 0 Å². The van der Waals surface area contributed by atoms with Crippen LogP contribution in [0.1, 0.15) is 213 Å². The van der Waals surface area contributed by atoms with Gasteiger partial charge in [0.25, 0.3) is 0 Å². The topological polar surface area (TPSA) is 175 Å². The second kappa shape index (κ2) is 55.2. The summed E-state index contributed by atoms with van der Waals surface area (Å²) in [5.74, 6) is -3.33. The van der Waals surface area contributed by atoms with E-state index >= 15 is 0 Å². The minimum absolute atomic E-state index is 0.129. The van der Waals surface area contributed by atoms with Crippen LogP contribution in [-0.4, -0.2) is 89.2 Å². The molecule has 0 spiro atoms. The zero-order valence-electron chi connectivity index (χ0n) is 50.0.